The first-order valence-electron chi connectivity index (χ1n) is 9.87. The number of para-hydroxylation sites is 3. The molecule has 1 aliphatic heterocycles. The number of ether oxygens (including phenoxy) is 2. The monoisotopic (exact) mass is 528 g/mol. The Bertz CT molecular complexity index is 836. The largest absolute Gasteiger partial charge is 0.495 e. The molecule has 2 atom stereocenters. The van der Waals surface area contributed by atoms with E-state index in [1.807, 2.05) is 25.1 Å². The van der Waals surface area contributed by atoms with Crippen molar-refractivity contribution in [3.8, 4) is 11.5 Å². The molecule has 1 fully saturated rings. The number of anilines is 1. The summed E-state index contributed by atoms with van der Waals surface area (Å²) < 4.78 is 24.9. The fourth-order valence-corrected chi connectivity index (χ4v) is 3.42. The number of guanidine groups is 1. The average molecular weight is 528 g/mol. The minimum absolute atomic E-state index is 0. The van der Waals surface area contributed by atoms with E-state index in [1.165, 1.54) is 6.07 Å². The number of benzene rings is 2. The Morgan fingerprint density at radius 1 is 1.20 bits per heavy atom. The second-order valence-corrected chi connectivity index (χ2v) is 7.06. The predicted molar refractivity (Wildman–Crippen MR) is 130 cm³/mol. The van der Waals surface area contributed by atoms with E-state index in [1.54, 1.807) is 32.4 Å². The average Bonchev–Trinajstić information content (AvgIpc) is 3.21. The van der Waals surface area contributed by atoms with Crippen LogP contribution in [0.2, 0.25) is 0 Å². The summed E-state index contributed by atoms with van der Waals surface area (Å²) in [6, 6.07) is 14.8. The molecule has 0 aliphatic carbocycles. The number of nitrogens with one attached hydrogen (secondary N) is 2. The second-order valence-electron chi connectivity index (χ2n) is 7.06. The smallest absolute Gasteiger partial charge is 0.191 e. The van der Waals surface area contributed by atoms with E-state index in [4.69, 9.17) is 9.47 Å². The number of halogens is 2. The molecule has 1 aliphatic rings. The number of methoxy groups -OCH3 is 1. The molecule has 0 spiro atoms. The highest BCUT2D eigenvalue weighted by atomic mass is 127. The SMILES string of the molecule is CN=C(NCC(C)Oc1ccccc1F)NC1CCN(c2ccccc2OC)C1.I. The molecule has 164 valence electrons. The highest BCUT2D eigenvalue weighted by Gasteiger charge is 2.25. The van der Waals surface area contributed by atoms with Crippen LogP contribution in [0.3, 0.4) is 0 Å². The third-order valence-electron chi connectivity index (χ3n) is 4.90. The molecule has 0 aromatic heterocycles. The first-order valence-corrected chi connectivity index (χ1v) is 9.87. The third kappa shape index (κ3) is 6.38. The minimum atomic E-state index is -0.357. The summed E-state index contributed by atoms with van der Waals surface area (Å²) in [4.78, 5) is 6.61. The third-order valence-corrected chi connectivity index (χ3v) is 4.90. The first-order chi connectivity index (χ1) is 14.1. The summed E-state index contributed by atoms with van der Waals surface area (Å²) in [7, 11) is 3.44. The van der Waals surface area contributed by atoms with E-state index in [-0.39, 0.29) is 47.7 Å². The number of hydrogen-bond acceptors (Lipinski definition) is 4. The van der Waals surface area contributed by atoms with Crippen LogP contribution in [0.5, 0.6) is 11.5 Å². The molecule has 1 saturated heterocycles. The van der Waals surface area contributed by atoms with E-state index in [9.17, 15) is 4.39 Å². The van der Waals surface area contributed by atoms with Crippen molar-refractivity contribution in [2.45, 2.75) is 25.5 Å². The van der Waals surface area contributed by atoms with Gasteiger partial charge in [-0.25, -0.2) is 4.39 Å². The predicted octanol–water partition coefficient (Wildman–Crippen LogP) is 3.66. The lowest BCUT2D eigenvalue weighted by molar-refractivity contribution is 0.214. The molecular weight excluding hydrogens is 498 g/mol. The van der Waals surface area contributed by atoms with Crippen molar-refractivity contribution in [1.29, 1.82) is 0 Å². The van der Waals surface area contributed by atoms with Crippen LogP contribution in [0.4, 0.5) is 10.1 Å². The molecule has 3 rings (SSSR count). The van der Waals surface area contributed by atoms with Gasteiger partial charge in [0.2, 0.25) is 0 Å². The summed E-state index contributed by atoms with van der Waals surface area (Å²) in [5.41, 5.74) is 1.11. The Morgan fingerprint density at radius 3 is 2.60 bits per heavy atom. The van der Waals surface area contributed by atoms with Crippen LogP contribution < -0.4 is 25.0 Å². The number of aliphatic imine (C=N–C) groups is 1. The van der Waals surface area contributed by atoms with E-state index in [2.05, 4.69) is 26.6 Å². The van der Waals surface area contributed by atoms with Gasteiger partial charge in [0.15, 0.2) is 17.5 Å². The van der Waals surface area contributed by atoms with Gasteiger partial charge in [-0.3, -0.25) is 4.99 Å². The Balaban J connectivity index is 0.00000320. The fraction of sp³-hybridized carbons (Fsp3) is 0.409. The summed E-state index contributed by atoms with van der Waals surface area (Å²) in [5, 5.41) is 6.72. The van der Waals surface area contributed by atoms with Crippen molar-refractivity contribution in [2.24, 2.45) is 4.99 Å². The summed E-state index contributed by atoms with van der Waals surface area (Å²) in [6.45, 7) is 4.22. The first kappa shape index (κ1) is 24.0. The van der Waals surface area contributed by atoms with Gasteiger partial charge in [0.05, 0.1) is 19.3 Å². The molecule has 2 unspecified atom stereocenters. The Morgan fingerprint density at radius 2 is 1.90 bits per heavy atom. The van der Waals surface area contributed by atoms with Crippen LogP contribution in [0, 0.1) is 5.82 Å². The van der Waals surface area contributed by atoms with Crippen molar-refractivity contribution in [2.75, 3.05) is 38.7 Å². The number of nitrogens with zero attached hydrogens (tertiary/aromatic N) is 2. The molecule has 6 nitrogen and oxygen atoms in total. The molecular formula is C22H30FIN4O2. The van der Waals surface area contributed by atoms with Crippen molar-refractivity contribution in [3.05, 3.63) is 54.3 Å². The molecule has 1 heterocycles. The Hall–Kier alpha value is -2.23. The van der Waals surface area contributed by atoms with Gasteiger partial charge in [-0.15, -0.1) is 24.0 Å². The molecule has 0 saturated carbocycles. The van der Waals surface area contributed by atoms with Gasteiger partial charge in [0, 0.05) is 26.2 Å². The molecule has 8 heteroatoms. The molecule has 0 bridgehead atoms. The van der Waals surface area contributed by atoms with Crippen molar-refractivity contribution >= 4 is 35.6 Å². The van der Waals surface area contributed by atoms with Crippen LogP contribution >= 0.6 is 24.0 Å². The topological polar surface area (TPSA) is 58.1 Å². The van der Waals surface area contributed by atoms with Crippen LogP contribution in [-0.4, -0.2) is 51.9 Å². The van der Waals surface area contributed by atoms with E-state index in [0.29, 0.717) is 12.5 Å². The van der Waals surface area contributed by atoms with Crippen molar-refractivity contribution in [3.63, 3.8) is 0 Å². The summed E-state index contributed by atoms with van der Waals surface area (Å²) in [6.07, 6.45) is 0.791. The van der Waals surface area contributed by atoms with Gasteiger partial charge in [-0.2, -0.15) is 0 Å². The van der Waals surface area contributed by atoms with Gasteiger partial charge in [-0.1, -0.05) is 24.3 Å². The molecule has 2 N–H and O–H groups in total. The van der Waals surface area contributed by atoms with Gasteiger partial charge >= 0.3 is 0 Å². The van der Waals surface area contributed by atoms with E-state index >= 15 is 0 Å². The maximum absolute atomic E-state index is 13.7. The summed E-state index contributed by atoms with van der Waals surface area (Å²) in [5.74, 6) is 1.49. The van der Waals surface area contributed by atoms with Crippen LogP contribution in [-0.2, 0) is 0 Å². The number of rotatable bonds is 7. The zero-order valence-electron chi connectivity index (χ0n) is 17.6. The fourth-order valence-electron chi connectivity index (χ4n) is 3.42. The summed E-state index contributed by atoms with van der Waals surface area (Å²) >= 11 is 0. The second kappa shape index (κ2) is 11.8. The normalized spacial score (nSPS) is 17.1. The quantitative estimate of drug-likeness (QED) is 0.327. The molecule has 2 aromatic rings. The number of hydrogen-bond donors (Lipinski definition) is 2. The van der Waals surface area contributed by atoms with Gasteiger partial charge in [0.25, 0.3) is 0 Å². The maximum atomic E-state index is 13.7. The molecule has 0 amide bonds. The lowest BCUT2D eigenvalue weighted by atomic mass is 10.2. The maximum Gasteiger partial charge on any atom is 0.191 e. The lowest BCUT2D eigenvalue weighted by Crippen LogP contribution is -2.47. The molecule has 30 heavy (non-hydrogen) atoms. The highest BCUT2D eigenvalue weighted by Crippen LogP contribution is 2.30. The van der Waals surface area contributed by atoms with Crippen molar-refractivity contribution < 1.29 is 13.9 Å². The van der Waals surface area contributed by atoms with E-state index in [0.717, 1.165) is 30.9 Å². The van der Waals surface area contributed by atoms with Crippen LogP contribution in [0.15, 0.2) is 53.5 Å². The lowest BCUT2D eigenvalue weighted by Gasteiger charge is -2.23. The Kier molecular flexibility index (Phi) is 9.48. The zero-order chi connectivity index (χ0) is 20.6. The van der Waals surface area contributed by atoms with Gasteiger partial charge in [-0.05, 0) is 37.6 Å². The van der Waals surface area contributed by atoms with Crippen LogP contribution in [0.25, 0.3) is 0 Å². The standard InChI is InChI=1S/C22H29FN4O2.HI/c1-16(29-20-10-6-4-8-18(20)23)14-25-22(24-2)26-17-12-13-27(15-17)19-9-5-7-11-21(19)28-3;/h4-11,16-17H,12-15H2,1-3H3,(H2,24,25,26);1H. The van der Waals surface area contributed by atoms with Gasteiger partial charge in [0.1, 0.15) is 11.9 Å². The van der Waals surface area contributed by atoms with E-state index < -0.39 is 0 Å². The minimum Gasteiger partial charge on any atom is -0.495 e. The zero-order valence-corrected chi connectivity index (χ0v) is 19.9. The van der Waals surface area contributed by atoms with Gasteiger partial charge < -0.3 is 25.0 Å². The van der Waals surface area contributed by atoms with Crippen LogP contribution in [0.1, 0.15) is 13.3 Å². The highest BCUT2D eigenvalue weighted by molar-refractivity contribution is 14.0. The molecule has 2 aromatic carbocycles. The Labute approximate surface area is 194 Å². The molecule has 0 radical (unpaired) electrons. The van der Waals surface area contributed by atoms with Crippen molar-refractivity contribution in [1.82, 2.24) is 10.6 Å².